The van der Waals surface area contributed by atoms with Crippen molar-refractivity contribution >= 4 is 51.8 Å². The molecule has 54 heavy (non-hydrogen) atoms. The zero-order valence-electron chi connectivity index (χ0n) is 27.1. The minimum Gasteiger partial charge on any atom is -0.428 e. The van der Waals surface area contributed by atoms with Gasteiger partial charge in [-0.05, 0) is 69.7 Å². The van der Waals surface area contributed by atoms with Crippen molar-refractivity contribution in [3.05, 3.63) is 144 Å². The molecule has 4 aromatic carbocycles. The Kier molecular flexibility index (Phi) is 13.3. The first-order chi connectivity index (χ1) is 25.3. The van der Waals surface area contributed by atoms with Gasteiger partial charge in [0, 0.05) is 16.7 Å². The second kappa shape index (κ2) is 16.9. The van der Waals surface area contributed by atoms with Gasteiger partial charge in [-0.1, -0.05) is 31.5 Å². The van der Waals surface area contributed by atoms with E-state index in [2.05, 4.69) is 0 Å². The van der Waals surface area contributed by atoms with E-state index in [1.165, 1.54) is 47.7 Å². The monoisotopic (exact) mass is 894 g/mol. The van der Waals surface area contributed by atoms with E-state index in [0.717, 1.165) is 19.1 Å². The van der Waals surface area contributed by atoms with E-state index in [9.17, 15) is 44.3 Å². The standard InChI is InChI=1S/C35H19BF15IO2/c1-3-5-11-13(52)15(16-20(37)26(43)32(49)27(44)21(16)38)17(14(4-2)54-35(53)12-9-7-6-8-10-12)36(18-22(39)28(45)33(50)29(46)23(18)40)19-24(41)30(47)34(51)31(48)25(19)42/h4,6-10,17H,3,5,11H2,1-2H3/b14-4-,15-13+. The molecule has 0 amide bonds. The van der Waals surface area contributed by atoms with Gasteiger partial charge in [0.05, 0.1) is 11.1 Å². The van der Waals surface area contributed by atoms with Crippen LogP contribution in [0.2, 0.25) is 5.82 Å². The third-order valence-corrected chi connectivity index (χ3v) is 9.21. The molecule has 0 spiro atoms. The number of unbranched alkanes of at least 4 members (excludes halogenated alkanes) is 1. The first-order valence-corrected chi connectivity index (χ1v) is 16.3. The summed E-state index contributed by atoms with van der Waals surface area (Å²) in [5.74, 6) is -48.7. The highest BCUT2D eigenvalue weighted by Crippen LogP contribution is 2.47. The van der Waals surface area contributed by atoms with Crippen molar-refractivity contribution in [2.24, 2.45) is 0 Å². The van der Waals surface area contributed by atoms with Crippen LogP contribution in [0.5, 0.6) is 0 Å². The molecule has 0 heterocycles. The lowest BCUT2D eigenvalue weighted by Crippen LogP contribution is -2.54. The lowest BCUT2D eigenvalue weighted by molar-refractivity contribution is 0.0619. The first kappa shape index (κ1) is 42.3. The molecule has 0 aromatic heterocycles. The minimum atomic E-state index is -3.61. The molecule has 0 aliphatic heterocycles. The van der Waals surface area contributed by atoms with E-state index in [0.29, 0.717) is 6.08 Å². The van der Waals surface area contributed by atoms with Crippen LogP contribution in [0.3, 0.4) is 0 Å². The predicted octanol–water partition coefficient (Wildman–Crippen LogP) is 10.5. The van der Waals surface area contributed by atoms with E-state index in [-0.39, 0.29) is 12.8 Å². The minimum absolute atomic E-state index is 0.0609. The van der Waals surface area contributed by atoms with Gasteiger partial charge in [0.25, 0.3) is 0 Å². The zero-order chi connectivity index (χ0) is 40.5. The Labute approximate surface area is 309 Å². The van der Waals surface area contributed by atoms with Crippen LogP contribution in [0.1, 0.15) is 49.0 Å². The molecule has 0 aliphatic carbocycles. The van der Waals surface area contributed by atoms with Crippen molar-refractivity contribution in [1.29, 1.82) is 0 Å². The smallest absolute Gasteiger partial charge is 0.343 e. The normalized spacial score (nSPS) is 12.9. The van der Waals surface area contributed by atoms with Gasteiger partial charge >= 0.3 is 5.97 Å². The zero-order valence-corrected chi connectivity index (χ0v) is 29.3. The number of esters is 1. The summed E-state index contributed by atoms with van der Waals surface area (Å²) >= 11 is 1.20. The number of allylic oxidation sites excluding steroid dienone is 3. The van der Waals surface area contributed by atoms with Crippen LogP contribution < -0.4 is 10.9 Å². The fourth-order valence-corrected chi connectivity index (χ4v) is 6.54. The fraction of sp³-hybridized carbons (Fsp3) is 0.171. The number of ether oxygens (including phenoxy) is 1. The van der Waals surface area contributed by atoms with Gasteiger partial charge in [0.15, 0.2) is 81.4 Å². The third-order valence-electron chi connectivity index (χ3n) is 8.09. The summed E-state index contributed by atoms with van der Waals surface area (Å²) in [5.41, 5.74) is -8.73. The maximum Gasteiger partial charge on any atom is 0.343 e. The van der Waals surface area contributed by atoms with Crippen molar-refractivity contribution in [2.75, 3.05) is 0 Å². The van der Waals surface area contributed by atoms with Gasteiger partial charge in [-0.15, -0.1) is 0 Å². The molecule has 1 unspecified atom stereocenters. The van der Waals surface area contributed by atoms with Crippen LogP contribution in [-0.2, 0) is 4.74 Å². The van der Waals surface area contributed by atoms with Crippen LogP contribution >= 0.6 is 22.6 Å². The number of carbonyl (C=O) groups is 1. The lowest BCUT2D eigenvalue weighted by atomic mass is 9.31. The topological polar surface area (TPSA) is 26.3 Å². The Hall–Kier alpha value is -4.43. The predicted molar refractivity (Wildman–Crippen MR) is 174 cm³/mol. The molecule has 4 aromatic rings. The SMILES string of the molecule is C/C=C(\OC(=O)c1ccccc1)C(B(c1c(F)c(F)c(F)c(F)c1F)c1c(F)c(F)c(F)c(F)c1F)/C(=C(/I)CCCC)c1c(F)c(F)c(F)c(F)c1F. The second-order valence-electron chi connectivity index (χ2n) is 11.2. The molecule has 0 radical (unpaired) electrons. The highest BCUT2D eigenvalue weighted by molar-refractivity contribution is 14.1. The maximum absolute atomic E-state index is 15.9. The molecule has 0 saturated heterocycles. The van der Waals surface area contributed by atoms with Crippen molar-refractivity contribution < 1.29 is 75.4 Å². The summed E-state index contributed by atoms with van der Waals surface area (Å²) in [6.07, 6.45) is 0.174. The Morgan fingerprint density at radius 2 is 1.00 bits per heavy atom. The van der Waals surface area contributed by atoms with Crippen LogP contribution in [-0.4, -0.2) is 12.7 Å². The molecule has 0 aliphatic rings. The van der Waals surface area contributed by atoms with Gasteiger partial charge in [0.2, 0.25) is 12.5 Å². The largest absolute Gasteiger partial charge is 0.428 e. The summed E-state index contributed by atoms with van der Waals surface area (Å²) in [6, 6.07) is 6.04. The van der Waals surface area contributed by atoms with Gasteiger partial charge < -0.3 is 4.74 Å². The molecule has 0 saturated carbocycles. The average Bonchev–Trinajstić information content (AvgIpc) is 3.17. The van der Waals surface area contributed by atoms with Crippen molar-refractivity contribution in [1.82, 2.24) is 0 Å². The summed E-state index contributed by atoms with van der Waals surface area (Å²) in [5, 5.41) is 0. The Balaban J connectivity index is 2.38. The Bertz CT molecular complexity index is 2050. The average molecular weight is 894 g/mol. The van der Waals surface area contributed by atoms with E-state index in [1.807, 2.05) is 0 Å². The molecular formula is C35H19BF15IO2. The lowest BCUT2D eigenvalue weighted by Gasteiger charge is -2.32. The Morgan fingerprint density at radius 1 is 0.630 bits per heavy atom. The number of rotatable bonds is 11. The molecule has 0 N–H and O–H groups in total. The van der Waals surface area contributed by atoms with Gasteiger partial charge in [0.1, 0.15) is 5.76 Å². The van der Waals surface area contributed by atoms with Crippen molar-refractivity contribution in [2.45, 2.75) is 38.9 Å². The third kappa shape index (κ3) is 7.47. The van der Waals surface area contributed by atoms with Crippen molar-refractivity contribution in [3.63, 3.8) is 0 Å². The highest BCUT2D eigenvalue weighted by atomic mass is 127. The van der Waals surface area contributed by atoms with Gasteiger partial charge in [-0.3, -0.25) is 0 Å². The maximum atomic E-state index is 15.9. The summed E-state index contributed by atoms with van der Waals surface area (Å²) in [6.45, 7) is -1.22. The number of benzene rings is 4. The van der Waals surface area contributed by atoms with Gasteiger partial charge in [-0.25, -0.2) is 70.7 Å². The fourth-order valence-electron chi connectivity index (χ4n) is 5.55. The van der Waals surface area contributed by atoms with Crippen LogP contribution in [0, 0.1) is 87.3 Å². The molecular weight excluding hydrogens is 875 g/mol. The van der Waals surface area contributed by atoms with Crippen LogP contribution in [0.4, 0.5) is 65.9 Å². The summed E-state index contributed by atoms with van der Waals surface area (Å²) in [4.78, 5) is 13.3. The number of hydrogen-bond donors (Lipinski definition) is 0. The second-order valence-corrected chi connectivity index (χ2v) is 12.5. The number of carbonyl (C=O) groups excluding carboxylic acids is 1. The van der Waals surface area contributed by atoms with E-state index in [4.69, 9.17) is 4.74 Å². The van der Waals surface area contributed by atoms with Gasteiger partial charge in [-0.2, -0.15) is 0 Å². The van der Waals surface area contributed by atoms with E-state index in [1.54, 1.807) is 0 Å². The van der Waals surface area contributed by atoms with Crippen LogP contribution in [0.15, 0.2) is 45.7 Å². The van der Waals surface area contributed by atoms with E-state index >= 15 is 26.3 Å². The first-order valence-electron chi connectivity index (χ1n) is 15.2. The molecule has 0 fully saturated rings. The Morgan fingerprint density at radius 3 is 1.37 bits per heavy atom. The quantitative estimate of drug-likeness (QED) is 0.0285. The molecule has 2 nitrogen and oxygen atoms in total. The highest BCUT2D eigenvalue weighted by Gasteiger charge is 2.49. The molecule has 286 valence electrons. The molecule has 19 heteroatoms. The van der Waals surface area contributed by atoms with Crippen LogP contribution in [0.25, 0.3) is 5.57 Å². The van der Waals surface area contributed by atoms with E-state index < -0.39 is 149 Å². The molecule has 1 atom stereocenters. The molecule has 0 bridgehead atoms. The molecule has 4 rings (SSSR count). The van der Waals surface area contributed by atoms with Crippen molar-refractivity contribution in [3.8, 4) is 0 Å². The number of halogens is 16. The number of hydrogen-bond acceptors (Lipinski definition) is 2. The summed E-state index contributed by atoms with van der Waals surface area (Å²) in [7, 11) is 0. The summed E-state index contributed by atoms with van der Waals surface area (Å²) < 4.78 is 232.